The number of piperidine rings is 1. The third-order valence-electron chi connectivity index (χ3n) is 5.48. The minimum Gasteiger partial charge on any atom is -0.479 e. The number of carbonyl (C=O) groups is 3. The van der Waals surface area contributed by atoms with E-state index < -0.39 is 29.0 Å². The number of carboxylic acid groups (broad SMARTS) is 1. The van der Waals surface area contributed by atoms with Crippen LogP contribution in [0.1, 0.15) is 56.9 Å². The summed E-state index contributed by atoms with van der Waals surface area (Å²) in [6, 6.07) is -0.383. The van der Waals surface area contributed by atoms with Gasteiger partial charge < -0.3 is 20.5 Å². The first-order chi connectivity index (χ1) is 13.0. The van der Waals surface area contributed by atoms with Crippen LogP contribution in [0.2, 0.25) is 0 Å². The molecule has 0 saturated carbocycles. The Bertz CT molecular complexity index is 764. The number of aromatic nitrogens is 2. The van der Waals surface area contributed by atoms with Crippen LogP contribution in [0.25, 0.3) is 0 Å². The van der Waals surface area contributed by atoms with Gasteiger partial charge >= 0.3 is 11.9 Å². The van der Waals surface area contributed by atoms with Gasteiger partial charge in [0.2, 0.25) is 5.54 Å². The van der Waals surface area contributed by atoms with E-state index in [2.05, 4.69) is 9.97 Å². The molecule has 3 rings (SSSR count). The van der Waals surface area contributed by atoms with Crippen molar-refractivity contribution in [1.82, 2.24) is 14.9 Å². The van der Waals surface area contributed by atoms with Crippen LogP contribution >= 0.6 is 0 Å². The molecule has 2 saturated heterocycles. The Morgan fingerprint density at radius 2 is 1.79 bits per heavy atom. The molecule has 3 atom stereocenters. The Balaban J connectivity index is 1.82. The zero-order valence-electron chi connectivity index (χ0n) is 16.3. The minimum absolute atomic E-state index is 0.192. The fraction of sp³-hybridized carbons (Fsp3) is 0.632. The molecule has 2 bridgehead atoms. The number of ether oxygens (including phenoxy) is 1. The molecule has 9 heteroatoms. The highest BCUT2D eigenvalue weighted by molar-refractivity contribution is 6.04. The zero-order chi connectivity index (χ0) is 20.7. The lowest BCUT2D eigenvalue weighted by molar-refractivity contribution is -0.173. The number of esters is 1. The number of nitrogens with zero attached hydrogens (tertiary/aromatic N) is 3. The highest BCUT2D eigenvalue weighted by Crippen LogP contribution is 2.43. The second-order valence-electron chi connectivity index (χ2n) is 8.53. The maximum atomic E-state index is 12.9. The molecular weight excluding hydrogens is 364 g/mol. The number of nitrogens with two attached hydrogens (primary N) is 1. The average Bonchev–Trinajstić information content (AvgIpc) is 2.88. The molecule has 2 fully saturated rings. The summed E-state index contributed by atoms with van der Waals surface area (Å²) < 4.78 is 5.31. The van der Waals surface area contributed by atoms with E-state index in [9.17, 15) is 19.5 Å². The molecule has 0 aliphatic carbocycles. The van der Waals surface area contributed by atoms with Crippen molar-refractivity contribution < 1.29 is 24.2 Å². The molecule has 0 spiro atoms. The van der Waals surface area contributed by atoms with Crippen molar-refractivity contribution >= 4 is 17.8 Å². The summed E-state index contributed by atoms with van der Waals surface area (Å²) in [4.78, 5) is 47.3. The molecule has 1 amide bonds. The van der Waals surface area contributed by atoms with E-state index >= 15 is 0 Å². The van der Waals surface area contributed by atoms with Gasteiger partial charge in [0.1, 0.15) is 11.3 Å². The van der Waals surface area contributed by atoms with Crippen LogP contribution < -0.4 is 5.73 Å². The lowest BCUT2D eigenvalue weighted by atomic mass is 9.75. The monoisotopic (exact) mass is 390 g/mol. The van der Waals surface area contributed by atoms with Gasteiger partial charge in [0.05, 0.1) is 6.20 Å². The molecule has 1 aromatic heterocycles. The number of rotatable bonds is 4. The van der Waals surface area contributed by atoms with Crippen molar-refractivity contribution in [1.29, 1.82) is 0 Å². The first-order valence-corrected chi connectivity index (χ1v) is 9.38. The van der Waals surface area contributed by atoms with Crippen LogP contribution in [0, 0.1) is 5.92 Å². The summed E-state index contributed by atoms with van der Waals surface area (Å²) in [5.41, 5.74) is 3.41. The van der Waals surface area contributed by atoms with Gasteiger partial charge in [-0.05, 0) is 46.5 Å². The van der Waals surface area contributed by atoms with E-state index in [1.54, 1.807) is 25.7 Å². The fourth-order valence-corrected chi connectivity index (χ4v) is 4.21. The van der Waals surface area contributed by atoms with Crippen molar-refractivity contribution in [3.63, 3.8) is 0 Å². The summed E-state index contributed by atoms with van der Waals surface area (Å²) in [6.45, 7) is 5.00. The largest absolute Gasteiger partial charge is 0.479 e. The molecule has 3 N–H and O–H groups in total. The first-order valence-electron chi connectivity index (χ1n) is 9.38. The highest BCUT2D eigenvalue weighted by Gasteiger charge is 2.57. The normalized spacial score (nSPS) is 26.4. The summed E-state index contributed by atoms with van der Waals surface area (Å²) >= 11 is 0. The zero-order valence-corrected chi connectivity index (χ0v) is 16.3. The van der Waals surface area contributed by atoms with Crippen molar-refractivity contribution in [3.05, 3.63) is 24.3 Å². The van der Waals surface area contributed by atoms with E-state index in [1.807, 2.05) is 0 Å². The van der Waals surface area contributed by atoms with Gasteiger partial charge in [-0.1, -0.05) is 0 Å². The molecule has 2 aliphatic heterocycles. The number of carbonyl (C=O) groups excluding carboxylic acids is 2. The van der Waals surface area contributed by atoms with Gasteiger partial charge in [-0.2, -0.15) is 0 Å². The fourth-order valence-electron chi connectivity index (χ4n) is 4.21. The van der Waals surface area contributed by atoms with E-state index in [4.69, 9.17) is 10.5 Å². The van der Waals surface area contributed by atoms with Crippen LogP contribution in [-0.2, 0) is 14.3 Å². The molecule has 28 heavy (non-hydrogen) atoms. The predicted octanol–water partition coefficient (Wildman–Crippen LogP) is 0.984. The molecule has 1 aromatic rings. The Morgan fingerprint density at radius 3 is 2.25 bits per heavy atom. The van der Waals surface area contributed by atoms with Crippen LogP contribution in [-0.4, -0.2) is 61.0 Å². The van der Waals surface area contributed by atoms with Gasteiger partial charge in [0.25, 0.3) is 5.91 Å². The van der Waals surface area contributed by atoms with Gasteiger partial charge in [0.15, 0.2) is 0 Å². The number of carboxylic acids is 1. The Labute approximate surface area is 163 Å². The number of aliphatic carboxylic acids is 1. The summed E-state index contributed by atoms with van der Waals surface area (Å²) in [5.74, 6) is -3.19. The molecule has 2 aliphatic rings. The van der Waals surface area contributed by atoms with Crippen LogP contribution in [0.5, 0.6) is 0 Å². The molecular formula is C19H26N4O5. The molecule has 2 unspecified atom stereocenters. The van der Waals surface area contributed by atoms with Crippen LogP contribution in [0.4, 0.5) is 0 Å². The Morgan fingerprint density at radius 1 is 1.18 bits per heavy atom. The standard InChI is InChI=1S/C19H26N4O5/c1-18(2,3)28-17(27)19(20,16(25)26)11-8-12-4-5-13(9-11)23(12)15(24)14-10-21-6-7-22-14/h6-7,10-13H,4-5,8-9,20H2,1-3H3,(H,25,26)/t11?,12?,13?,19-/m1/s1. The maximum absolute atomic E-state index is 12.9. The summed E-state index contributed by atoms with van der Waals surface area (Å²) in [5, 5.41) is 9.77. The van der Waals surface area contributed by atoms with Crippen molar-refractivity contribution in [2.24, 2.45) is 11.7 Å². The number of hydrogen-bond acceptors (Lipinski definition) is 7. The van der Waals surface area contributed by atoms with Gasteiger partial charge in [-0.3, -0.25) is 9.78 Å². The third-order valence-corrected chi connectivity index (χ3v) is 5.48. The lowest BCUT2D eigenvalue weighted by Crippen LogP contribution is -2.65. The summed E-state index contributed by atoms with van der Waals surface area (Å²) in [7, 11) is 0. The van der Waals surface area contributed by atoms with Crippen LogP contribution in [0.15, 0.2) is 18.6 Å². The van der Waals surface area contributed by atoms with Gasteiger partial charge in [0, 0.05) is 30.4 Å². The molecule has 3 heterocycles. The minimum atomic E-state index is -2.14. The Kier molecular flexibility index (Phi) is 5.14. The van der Waals surface area contributed by atoms with Gasteiger partial charge in [-0.15, -0.1) is 0 Å². The lowest BCUT2D eigenvalue weighted by Gasteiger charge is -2.43. The molecule has 9 nitrogen and oxygen atoms in total. The van der Waals surface area contributed by atoms with E-state index in [0.29, 0.717) is 12.8 Å². The van der Waals surface area contributed by atoms with E-state index in [1.165, 1.54) is 18.6 Å². The van der Waals surface area contributed by atoms with Gasteiger partial charge in [-0.25, -0.2) is 14.6 Å². The average molecular weight is 390 g/mol. The third kappa shape index (κ3) is 3.58. The Hall–Kier alpha value is -2.55. The molecule has 0 radical (unpaired) electrons. The smallest absolute Gasteiger partial charge is 0.338 e. The van der Waals surface area contributed by atoms with E-state index in [-0.39, 0.29) is 23.7 Å². The summed E-state index contributed by atoms with van der Waals surface area (Å²) in [6.07, 6.45) is 6.48. The number of amides is 1. The topological polar surface area (TPSA) is 136 Å². The maximum Gasteiger partial charge on any atom is 0.338 e. The number of hydrogen-bond donors (Lipinski definition) is 2. The van der Waals surface area contributed by atoms with Crippen LogP contribution in [0.3, 0.4) is 0 Å². The van der Waals surface area contributed by atoms with E-state index in [0.717, 1.165) is 12.8 Å². The molecule has 0 aromatic carbocycles. The second kappa shape index (κ2) is 7.12. The van der Waals surface area contributed by atoms with Crippen molar-refractivity contribution in [2.75, 3.05) is 0 Å². The van der Waals surface area contributed by atoms with Crippen molar-refractivity contribution in [2.45, 2.75) is 69.7 Å². The number of fused-ring (bicyclic) bond motifs is 2. The predicted molar refractivity (Wildman–Crippen MR) is 98.1 cm³/mol. The second-order valence-corrected chi connectivity index (χ2v) is 8.53. The SMILES string of the molecule is CC(C)(C)OC(=O)[C@](N)(C(=O)O)C1CC2CCC(C1)N2C(=O)c1cnccn1. The van der Waals surface area contributed by atoms with Crippen molar-refractivity contribution in [3.8, 4) is 0 Å². The first kappa shape index (κ1) is 20.2. The quantitative estimate of drug-likeness (QED) is 0.574. The molecule has 152 valence electrons. The highest BCUT2D eigenvalue weighted by atomic mass is 16.6.